The lowest BCUT2D eigenvalue weighted by Crippen LogP contribution is -2.33. The molecule has 0 unspecified atom stereocenters. The minimum atomic E-state index is -3.50. The van der Waals surface area contributed by atoms with Crippen LogP contribution in [0.4, 0.5) is 16.2 Å². The second-order valence-electron chi connectivity index (χ2n) is 8.00. The molecule has 0 fully saturated rings. The number of ether oxygens (including phenoxy) is 1. The first-order chi connectivity index (χ1) is 14.9. The minimum Gasteiger partial charge on any atom is -0.444 e. The Bertz CT molecular complexity index is 1050. The summed E-state index contributed by atoms with van der Waals surface area (Å²) in [6, 6.07) is 13.8. The fraction of sp³-hybridized carbons (Fsp3) is 0.364. The van der Waals surface area contributed by atoms with Crippen molar-refractivity contribution in [3.63, 3.8) is 0 Å². The normalized spacial score (nSPS) is 11.5. The number of sulfonamides is 1. The van der Waals surface area contributed by atoms with Crippen molar-refractivity contribution in [2.45, 2.75) is 31.3 Å². The first kappa shape index (κ1) is 25.5. The van der Waals surface area contributed by atoms with Crippen LogP contribution in [0.1, 0.15) is 31.1 Å². The van der Waals surface area contributed by atoms with E-state index in [4.69, 9.17) is 4.74 Å². The van der Waals surface area contributed by atoms with Gasteiger partial charge in [0.05, 0.1) is 17.5 Å². The zero-order valence-corrected chi connectivity index (χ0v) is 20.5. The number of para-hydroxylation sites is 1. The molecule has 8 nitrogen and oxygen atoms in total. The summed E-state index contributed by atoms with van der Waals surface area (Å²) < 4.78 is 30.0. The van der Waals surface area contributed by atoms with Crippen LogP contribution in [0, 0.1) is 0 Å². The van der Waals surface area contributed by atoms with Crippen molar-refractivity contribution in [2.75, 3.05) is 35.2 Å². The number of alkyl carbamates (subject to hydrolysis) is 1. The highest BCUT2D eigenvalue weighted by molar-refractivity contribution is 7.99. The van der Waals surface area contributed by atoms with Gasteiger partial charge in [-0.2, -0.15) is 0 Å². The van der Waals surface area contributed by atoms with Crippen LogP contribution >= 0.6 is 11.8 Å². The van der Waals surface area contributed by atoms with Gasteiger partial charge in [-0.3, -0.25) is 9.10 Å². The first-order valence-corrected chi connectivity index (χ1v) is 12.7. The fourth-order valence-electron chi connectivity index (χ4n) is 2.59. The number of carbonyl (C=O) groups is 2. The fourth-order valence-corrected chi connectivity index (χ4v) is 3.87. The Kier molecular flexibility index (Phi) is 8.57. The topological polar surface area (TPSA) is 105 Å². The molecule has 2 aromatic rings. The quantitative estimate of drug-likeness (QED) is 0.439. The van der Waals surface area contributed by atoms with Gasteiger partial charge in [0.2, 0.25) is 10.0 Å². The van der Waals surface area contributed by atoms with E-state index in [1.807, 2.05) is 32.9 Å². The second kappa shape index (κ2) is 10.7. The molecule has 0 aliphatic heterocycles. The molecule has 2 rings (SSSR count). The van der Waals surface area contributed by atoms with Gasteiger partial charge >= 0.3 is 6.09 Å². The lowest BCUT2D eigenvalue weighted by Gasteiger charge is -2.20. The van der Waals surface area contributed by atoms with Gasteiger partial charge in [0.15, 0.2) is 0 Å². The van der Waals surface area contributed by atoms with Crippen molar-refractivity contribution < 1.29 is 22.7 Å². The molecule has 0 heterocycles. The van der Waals surface area contributed by atoms with E-state index in [1.54, 1.807) is 48.2 Å². The molecule has 32 heavy (non-hydrogen) atoms. The van der Waals surface area contributed by atoms with Crippen molar-refractivity contribution in [3.05, 3.63) is 54.1 Å². The van der Waals surface area contributed by atoms with Gasteiger partial charge in [-0.25, -0.2) is 13.2 Å². The molecular formula is C22H29N3O5S2. The van der Waals surface area contributed by atoms with Crippen LogP contribution in [-0.4, -0.2) is 51.6 Å². The highest BCUT2D eigenvalue weighted by Gasteiger charge is 2.19. The molecule has 0 aliphatic rings. The number of thioether (sulfide) groups is 1. The lowest BCUT2D eigenvalue weighted by atomic mass is 10.1. The Hall–Kier alpha value is -2.72. The molecule has 2 aromatic carbocycles. The highest BCUT2D eigenvalue weighted by Crippen LogP contribution is 2.24. The first-order valence-electron chi connectivity index (χ1n) is 9.91. The van der Waals surface area contributed by atoms with Crippen molar-refractivity contribution in [3.8, 4) is 0 Å². The van der Waals surface area contributed by atoms with Gasteiger partial charge in [0, 0.05) is 29.9 Å². The molecule has 0 aromatic heterocycles. The highest BCUT2D eigenvalue weighted by atomic mass is 32.2. The number of carbonyl (C=O) groups excluding carboxylic acids is 2. The van der Waals surface area contributed by atoms with Crippen LogP contribution in [0.2, 0.25) is 0 Å². The maximum atomic E-state index is 12.7. The van der Waals surface area contributed by atoms with Gasteiger partial charge in [0.1, 0.15) is 5.60 Å². The van der Waals surface area contributed by atoms with Crippen LogP contribution in [0.25, 0.3) is 0 Å². The van der Waals surface area contributed by atoms with Crippen LogP contribution in [0.3, 0.4) is 0 Å². The van der Waals surface area contributed by atoms with E-state index in [-0.39, 0.29) is 5.56 Å². The molecule has 174 valence electrons. The molecule has 0 bridgehead atoms. The SMILES string of the molecule is CN(c1ccccc1C(=O)Nc1ccc(SCCNC(=O)OC(C)(C)C)cc1)S(C)(=O)=O. The number of anilines is 2. The summed E-state index contributed by atoms with van der Waals surface area (Å²) in [5.41, 5.74) is 0.616. The number of nitrogens with one attached hydrogen (secondary N) is 2. The number of nitrogens with zero attached hydrogens (tertiary/aromatic N) is 1. The number of benzene rings is 2. The third-order valence-corrected chi connectivity index (χ3v) is 6.34. The van der Waals surface area contributed by atoms with E-state index >= 15 is 0 Å². The molecule has 0 saturated carbocycles. The summed E-state index contributed by atoms with van der Waals surface area (Å²) in [6.07, 6.45) is 0.638. The van der Waals surface area contributed by atoms with Crippen LogP contribution in [-0.2, 0) is 14.8 Å². The molecule has 0 aliphatic carbocycles. The lowest BCUT2D eigenvalue weighted by molar-refractivity contribution is 0.0531. The average Bonchev–Trinajstić information content (AvgIpc) is 2.70. The number of hydrogen-bond donors (Lipinski definition) is 2. The van der Waals surface area contributed by atoms with Gasteiger partial charge in [-0.05, 0) is 57.2 Å². The van der Waals surface area contributed by atoms with E-state index in [0.717, 1.165) is 15.5 Å². The third kappa shape index (κ3) is 8.08. The number of amides is 2. The predicted octanol–water partition coefficient (Wildman–Crippen LogP) is 3.95. The summed E-state index contributed by atoms with van der Waals surface area (Å²) in [7, 11) is -2.09. The Balaban J connectivity index is 1.92. The summed E-state index contributed by atoms with van der Waals surface area (Å²) in [6.45, 7) is 5.89. The standard InChI is InChI=1S/C22H29N3O5S2/c1-22(2,3)30-21(27)23-14-15-31-17-12-10-16(11-13-17)24-20(26)18-8-6-7-9-19(18)25(4)32(5,28)29/h6-13H,14-15H2,1-5H3,(H,23,27)(H,24,26). The van der Waals surface area contributed by atoms with Gasteiger partial charge < -0.3 is 15.4 Å². The van der Waals surface area contributed by atoms with E-state index in [9.17, 15) is 18.0 Å². The number of rotatable bonds is 8. The molecule has 0 atom stereocenters. The molecule has 2 N–H and O–H groups in total. The molecule has 0 saturated heterocycles. The third-order valence-electron chi connectivity index (χ3n) is 4.14. The van der Waals surface area contributed by atoms with Gasteiger partial charge in [-0.1, -0.05) is 12.1 Å². The molecule has 0 spiro atoms. The molecule has 2 amide bonds. The summed E-state index contributed by atoms with van der Waals surface area (Å²) >= 11 is 1.56. The van der Waals surface area contributed by atoms with Crippen molar-refractivity contribution in [1.82, 2.24) is 5.32 Å². The Morgan fingerprint density at radius 2 is 1.69 bits per heavy atom. The smallest absolute Gasteiger partial charge is 0.407 e. The Morgan fingerprint density at radius 1 is 1.06 bits per heavy atom. The van der Waals surface area contributed by atoms with E-state index < -0.39 is 27.6 Å². The Morgan fingerprint density at radius 3 is 2.28 bits per heavy atom. The maximum Gasteiger partial charge on any atom is 0.407 e. The van der Waals surface area contributed by atoms with E-state index in [1.165, 1.54) is 7.05 Å². The van der Waals surface area contributed by atoms with Crippen molar-refractivity contribution in [1.29, 1.82) is 0 Å². The molecular weight excluding hydrogens is 450 g/mol. The zero-order chi connectivity index (χ0) is 23.9. The van der Waals surface area contributed by atoms with Crippen molar-refractivity contribution >= 4 is 45.2 Å². The molecule has 10 heteroatoms. The predicted molar refractivity (Wildman–Crippen MR) is 129 cm³/mol. The molecule has 0 radical (unpaired) electrons. The zero-order valence-electron chi connectivity index (χ0n) is 18.8. The van der Waals surface area contributed by atoms with Gasteiger partial charge in [0.25, 0.3) is 5.91 Å². The van der Waals surface area contributed by atoms with Crippen LogP contribution < -0.4 is 14.9 Å². The number of hydrogen-bond acceptors (Lipinski definition) is 6. The van der Waals surface area contributed by atoms with E-state index in [0.29, 0.717) is 23.7 Å². The average molecular weight is 480 g/mol. The second-order valence-corrected chi connectivity index (χ2v) is 11.2. The van der Waals surface area contributed by atoms with Gasteiger partial charge in [-0.15, -0.1) is 11.8 Å². The van der Waals surface area contributed by atoms with Crippen LogP contribution in [0.15, 0.2) is 53.4 Å². The largest absolute Gasteiger partial charge is 0.444 e. The maximum absolute atomic E-state index is 12.7. The Labute approximate surface area is 193 Å². The monoisotopic (exact) mass is 479 g/mol. The summed E-state index contributed by atoms with van der Waals surface area (Å²) in [4.78, 5) is 25.3. The van der Waals surface area contributed by atoms with Crippen LogP contribution in [0.5, 0.6) is 0 Å². The minimum absolute atomic E-state index is 0.257. The van der Waals surface area contributed by atoms with E-state index in [2.05, 4.69) is 10.6 Å². The summed E-state index contributed by atoms with van der Waals surface area (Å²) in [5, 5.41) is 5.50. The van der Waals surface area contributed by atoms with Crippen molar-refractivity contribution in [2.24, 2.45) is 0 Å². The summed E-state index contributed by atoms with van der Waals surface area (Å²) in [5.74, 6) is 0.258.